The first kappa shape index (κ1) is 18.2. The van der Waals surface area contributed by atoms with E-state index in [2.05, 4.69) is 30.4 Å². The van der Waals surface area contributed by atoms with E-state index in [4.69, 9.17) is 5.11 Å². The fourth-order valence-corrected chi connectivity index (χ4v) is 1.49. The zero-order chi connectivity index (χ0) is 14.9. The van der Waals surface area contributed by atoms with Crippen LogP contribution >= 0.6 is 0 Å². The van der Waals surface area contributed by atoms with Crippen molar-refractivity contribution >= 4 is 5.97 Å². The molecule has 0 saturated carbocycles. The minimum absolute atomic E-state index is 0.273. The smallest absolute Gasteiger partial charge is 0.303 e. The maximum atomic E-state index is 10.3. The number of unbranched alkanes of at least 4 members (excludes halogenated alkanes) is 3. The van der Waals surface area contributed by atoms with Gasteiger partial charge in [-0.15, -0.1) is 0 Å². The summed E-state index contributed by atoms with van der Waals surface area (Å²) in [5.41, 5.74) is 0. The molecule has 0 fully saturated rings. The van der Waals surface area contributed by atoms with Crippen LogP contribution in [0.25, 0.3) is 0 Å². The molecule has 0 bridgehead atoms. The summed E-state index contributed by atoms with van der Waals surface area (Å²) in [4.78, 5) is 10.3. The van der Waals surface area contributed by atoms with Crippen LogP contribution in [0.15, 0.2) is 60.8 Å². The van der Waals surface area contributed by atoms with Crippen molar-refractivity contribution in [1.82, 2.24) is 0 Å². The van der Waals surface area contributed by atoms with Gasteiger partial charge in [-0.05, 0) is 39.0 Å². The van der Waals surface area contributed by atoms with Crippen molar-refractivity contribution < 1.29 is 9.90 Å². The molecule has 2 heteroatoms. The molecule has 0 amide bonds. The van der Waals surface area contributed by atoms with E-state index in [-0.39, 0.29) is 6.42 Å². The van der Waals surface area contributed by atoms with Gasteiger partial charge in [0.15, 0.2) is 0 Å². The highest BCUT2D eigenvalue weighted by molar-refractivity contribution is 5.66. The van der Waals surface area contributed by atoms with E-state index in [0.717, 1.165) is 32.1 Å². The Morgan fingerprint density at radius 2 is 1.35 bits per heavy atom. The van der Waals surface area contributed by atoms with Crippen LogP contribution in [0.5, 0.6) is 0 Å². The minimum Gasteiger partial charge on any atom is -0.481 e. The number of allylic oxidation sites excluding steroid dienone is 10. The number of carbonyl (C=O) groups is 1. The number of rotatable bonds is 11. The summed E-state index contributed by atoms with van der Waals surface area (Å²) in [5.74, 6) is -0.709. The second-order valence-electron chi connectivity index (χ2n) is 4.41. The van der Waals surface area contributed by atoms with Crippen LogP contribution < -0.4 is 0 Å². The Labute approximate surface area is 122 Å². The Kier molecular flexibility index (Phi) is 13.8. The Bertz CT molecular complexity index is 371. The van der Waals surface area contributed by atoms with Crippen LogP contribution in [0.4, 0.5) is 0 Å². The number of aliphatic carboxylic acids is 1. The topological polar surface area (TPSA) is 37.3 Å². The molecule has 0 aromatic heterocycles. The van der Waals surface area contributed by atoms with Crippen LogP contribution in [0.1, 0.15) is 45.4 Å². The third-order valence-electron chi connectivity index (χ3n) is 2.56. The molecule has 0 rings (SSSR count). The molecule has 0 unspecified atom stereocenters. The second kappa shape index (κ2) is 15.2. The maximum Gasteiger partial charge on any atom is 0.303 e. The molecule has 0 saturated heterocycles. The van der Waals surface area contributed by atoms with Gasteiger partial charge in [0.1, 0.15) is 0 Å². The summed E-state index contributed by atoms with van der Waals surface area (Å²) in [6, 6.07) is 0. The maximum absolute atomic E-state index is 10.3. The first-order valence-electron chi connectivity index (χ1n) is 7.25. The van der Waals surface area contributed by atoms with Gasteiger partial charge in [0.05, 0.1) is 0 Å². The van der Waals surface area contributed by atoms with Gasteiger partial charge in [-0.25, -0.2) is 0 Å². The van der Waals surface area contributed by atoms with Gasteiger partial charge < -0.3 is 5.11 Å². The zero-order valence-corrected chi connectivity index (χ0v) is 12.4. The van der Waals surface area contributed by atoms with Gasteiger partial charge in [-0.1, -0.05) is 60.8 Å². The summed E-state index contributed by atoms with van der Waals surface area (Å²) in [7, 11) is 0. The Morgan fingerprint density at radius 1 is 0.800 bits per heavy atom. The molecule has 0 aromatic rings. The summed E-state index contributed by atoms with van der Waals surface area (Å²) in [6.45, 7) is 2.01. The lowest BCUT2D eigenvalue weighted by molar-refractivity contribution is -0.137. The van der Waals surface area contributed by atoms with Gasteiger partial charge in [0.2, 0.25) is 0 Å². The number of hydrogen-bond donors (Lipinski definition) is 1. The zero-order valence-electron chi connectivity index (χ0n) is 12.4. The van der Waals surface area contributed by atoms with Crippen molar-refractivity contribution in [2.45, 2.75) is 45.4 Å². The molecule has 0 radical (unpaired) electrons. The van der Waals surface area contributed by atoms with E-state index < -0.39 is 5.97 Å². The van der Waals surface area contributed by atoms with Crippen molar-refractivity contribution in [3.63, 3.8) is 0 Å². The summed E-state index contributed by atoms with van der Waals surface area (Å²) < 4.78 is 0. The SMILES string of the molecule is C/C=C/C=C/CC/C=C/C=C/C=C/CCCCC(=O)O. The van der Waals surface area contributed by atoms with Crippen LogP contribution in [0.3, 0.4) is 0 Å². The monoisotopic (exact) mass is 274 g/mol. The largest absolute Gasteiger partial charge is 0.481 e. The Hall–Kier alpha value is -1.83. The lowest BCUT2D eigenvalue weighted by Gasteiger charge is -1.91. The second-order valence-corrected chi connectivity index (χ2v) is 4.41. The van der Waals surface area contributed by atoms with Crippen LogP contribution in [0, 0.1) is 0 Å². The van der Waals surface area contributed by atoms with Gasteiger partial charge in [0.25, 0.3) is 0 Å². The summed E-state index contributed by atoms with van der Waals surface area (Å²) in [6.07, 6.45) is 25.6. The third-order valence-corrected chi connectivity index (χ3v) is 2.56. The first-order valence-corrected chi connectivity index (χ1v) is 7.25. The highest BCUT2D eigenvalue weighted by Crippen LogP contribution is 2.00. The Morgan fingerprint density at radius 3 is 1.90 bits per heavy atom. The van der Waals surface area contributed by atoms with E-state index in [1.807, 2.05) is 37.3 Å². The first-order chi connectivity index (χ1) is 9.77. The van der Waals surface area contributed by atoms with Crippen molar-refractivity contribution in [3.05, 3.63) is 60.8 Å². The van der Waals surface area contributed by atoms with Crippen LogP contribution in [0.2, 0.25) is 0 Å². The fourth-order valence-electron chi connectivity index (χ4n) is 1.49. The lowest BCUT2D eigenvalue weighted by atomic mass is 10.2. The van der Waals surface area contributed by atoms with E-state index in [0.29, 0.717) is 0 Å². The molecule has 0 aliphatic rings. The number of carboxylic acid groups (broad SMARTS) is 1. The van der Waals surface area contributed by atoms with Crippen LogP contribution in [-0.2, 0) is 4.79 Å². The fraction of sp³-hybridized carbons (Fsp3) is 0.389. The average molecular weight is 274 g/mol. The van der Waals surface area contributed by atoms with Crippen LogP contribution in [-0.4, -0.2) is 11.1 Å². The van der Waals surface area contributed by atoms with E-state index in [9.17, 15) is 4.79 Å². The van der Waals surface area contributed by atoms with Crippen molar-refractivity contribution in [2.75, 3.05) is 0 Å². The molecule has 1 N–H and O–H groups in total. The predicted molar refractivity (Wildman–Crippen MR) is 86.7 cm³/mol. The van der Waals surface area contributed by atoms with Gasteiger partial charge >= 0.3 is 5.97 Å². The third kappa shape index (κ3) is 16.2. The summed E-state index contributed by atoms with van der Waals surface area (Å²) >= 11 is 0. The predicted octanol–water partition coefficient (Wildman–Crippen LogP) is 5.21. The lowest BCUT2D eigenvalue weighted by Crippen LogP contribution is -1.92. The van der Waals surface area contributed by atoms with Gasteiger partial charge in [-0.3, -0.25) is 4.79 Å². The molecular weight excluding hydrogens is 248 g/mol. The Balaban J connectivity index is 3.48. The van der Waals surface area contributed by atoms with Gasteiger partial charge in [0, 0.05) is 6.42 Å². The average Bonchev–Trinajstić information content (AvgIpc) is 2.43. The molecule has 0 spiro atoms. The molecule has 20 heavy (non-hydrogen) atoms. The normalized spacial score (nSPS) is 12.8. The number of hydrogen-bond acceptors (Lipinski definition) is 1. The van der Waals surface area contributed by atoms with Crippen molar-refractivity contribution in [3.8, 4) is 0 Å². The molecule has 0 heterocycles. The molecule has 2 nitrogen and oxygen atoms in total. The highest BCUT2D eigenvalue weighted by Gasteiger charge is 1.93. The van der Waals surface area contributed by atoms with Crippen molar-refractivity contribution in [1.29, 1.82) is 0 Å². The molecule has 0 atom stereocenters. The van der Waals surface area contributed by atoms with Crippen molar-refractivity contribution in [2.24, 2.45) is 0 Å². The van der Waals surface area contributed by atoms with E-state index in [1.54, 1.807) is 0 Å². The molecule has 0 aromatic carbocycles. The minimum atomic E-state index is -0.709. The molecule has 0 aliphatic carbocycles. The molecule has 0 aliphatic heterocycles. The van der Waals surface area contributed by atoms with Gasteiger partial charge in [-0.2, -0.15) is 0 Å². The number of carboxylic acids is 1. The molecule has 110 valence electrons. The standard InChI is InChI=1S/C18H26O2/c1-2-3-4-5-6-7-8-9-10-11-12-13-14-15-16-17-18(19)20/h2-5,8-13H,6-7,14-17H2,1H3,(H,19,20)/b3-2+,5-4+,9-8+,11-10+,13-12+. The van der Waals surface area contributed by atoms with E-state index >= 15 is 0 Å². The molecular formula is C18H26O2. The highest BCUT2D eigenvalue weighted by atomic mass is 16.4. The summed E-state index contributed by atoms with van der Waals surface area (Å²) in [5, 5.41) is 8.47. The van der Waals surface area contributed by atoms with E-state index in [1.165, 1.54) is 0 Å². The quantitative estimate of drug-likeness (QED) is 0.414.